The minimum absolute atomic E-state index is 0.0868. The van der Waals surface area contributed by atoms with Gasteiger partial charge >= 0.3 is 0 Å². The van der Waals surface area contributed by atoms with Crippen molar-refractivity contribution in [1.29, 1.82) is 0 Å². The number of nitrogens with one attached hydrogen (secondary N) is 3. The largest absolute Gasteiger partial charge is 0.494 e. The maximum absolute atomic E-state index is 12.5. The maximum Gasteiger partial charge on any atom is 0.269 e. The van der Waals surface area contributed by atoms with Crippen LogP contribution in [0.5, 0.6) is 5.75 Å². The van der Waals surface area contributed by atoms with Gasteiger partial charge < -0.3 is 9.47 Å². The number of sulfonamides is 1. The molecule has 1 aliphatic rings. The molecule has 3 rings (SSSR count). The topological polar surface area (TPSA) is 123 Å². The van der Waals surface area contributed by atoms with Crippen LogP contribution >= 0.6 is 0 Å². The van der Waals surface area contributed by atoms with Crippen molar-refractivity contribution >= 4 is 27.5 Å². The Hall–Kier alpha value is -3.11. The average molecular weight is 419 g/mol. The molecule has 1 unspecified atom stereocenters. The van der Waals surface area contributed by atoms with Crippen LogP contribution in [0.15, 0.2) is 53.4 Å². The molecule has 9 nitrogen and oxygen atoms in total. The van der Waals surface area contributed by atoms with Gasteiger partial charge in [0.1, 0.15) is 11.9 Å². The SMILES string of the molecule is CCOc1ccc(S(=O)(=O)Nc2ccc(C(=O)NNC(=O)C3CCO3)cc2)cc1. The number of amides is 2. The third-order valence-electron chi connectivity index (χ3n) is 4.14. The van der Waals surface area contributed by atoms with Gasteiger partial charge in [-0.25, -0.2) is 8.42 Å². The highest BCUT2D eigenvalue weighted by molar-refractivity contribution is 7.92. The number of hydrazine groups is 1. The lowest BCUT2D eigenvalue weighted by molar-refractivity contribution is -0.145. The van der Waals surface area contributed by atoms with Gasteiger partial charge in [-0.3, -0.25) is 25.2 Å². The number of hydrogen-bond donors (Lipinski definition) is 3. The molecule has 29 heavy (non-hydrogen) atoms. The minimum atomic E-state index is -3.78. The Bertz CT molecular complexity index is 970. The number of carbonyl (C=O) groups is 2. The number of rotatable bonds is 7. The number of carbonyl (C=O) groups excluding carboxylic acids is 2. The molecule has 0 bridgehead atoms. The molecular weight excluding hydrogens is 398 g/mol. The van der Waals surface area contributed by atoms with Crippen LogP contribution in [0, 0.1) is 0 Å². The first-order valence-electron chi connectivity index (χ1n) is 8.96. The van der Waals surface area contributed by atoms with Crippen LogP contribution in [0.2, 0.25) is 0 Å². The second kappa shape index (κ2) is 8.93. The molecule has 154 valence electrons. The van der Waals surface area contributed by atoms with Gasteiger partial charge in [-0.15, -0.1) is 0 Å². The summed E-state index contributed by atoms with van der Waals surface area (Å²) in [5, 5.41) is 0. The molecule has 1 aliphatic heterocycles. The predicted molar refractivity (Wildman–Crippen MR) is 105 cm³/mol. The van der Waals surface area contributed by atoms with E-state index in [1.807, 2.05) is 6.92 Å². The first-order chi connectivity index (χ1) is 13.9. The molecule has 1 saturated heterocycles. The van der Waals surface area contributed by atoms with E-state index in [0.717, 1.165) is 0 Å². The summed E-state index contributed by atoms with van der Waals surface area (Å²) in [5.74, 6) is -0.360. The van der Waals surface area contributed by atoms with Crippen molar-refractivity contribution in [3.63, 3.8) is 0 Å². The van der Waals surface area contributed by atoms with E-state index in [1.165, 1.54) is 36.4 Å². The smallest absolute Gasteiger partial charge is 0.269 e. The van der Waals surface area contributed by atoms with Crippen molar-refractivity contribution in [3.8, 4) is 5.75 Å². The maximum atomic E-state index is 12.5. The van der Waals surface area contributed by atoms with E-state index in [9.17, 15) is 18.0 Å². The van der Waals surface area contributed by atoms with Gasteiger partial charge in [0.2, 0.25) is 0 Å². The highest BCUT2D eigenvalue weighted by Crippen LogP contribution is 2.19. The summed E-state index contributed by atoms with van der Waals surface area (Å²) in [6.07, 6.45) is 0.0833. The Kier molecular flexibility index (Phi) is 6.35. The van der Waals surface area contributed by atoms with Crippen LogP contribution in [0.3, 0.4) is 0 Å². The molecule has 0 radical (unpaired) electrons. The zero-order chi connectivity index (χ0) is 20.9. The first kappa shape index (κ1) is 20.6. The molecule has 2 aromatic carbocycles. The Morgan fingerprint density at radius 2 is 1.72 bits per heavy atom. The summed E-state index contributed by atoms with van der Waals surface area (Å²) in [4.78, 5) is 23.8. The monoisotopic (exact) mass is 419 g/mol. The third kappa shape index (κ3) is 5.24. The van der Waals surface area contributed by atoms with E-state index in [2.05, 4.69) is 15.6 Å². The zero-order valence-corrected chi connectivity index (χ0v) is 16.5. The molecule has 1 heterocycles. The third-order valence-corrected chi connectivity index (χ3v) is 5.53. The summed E-state index contributed by atoms with van der Waals surface area (Å²) < 4.78 is 37.7. The van der Waals surface area contributed by atoms with Crippen molar-refractivity contribution < 1.29 is 27.5 Å². The standard InChI is InChI=1S/C19H21N3O6S/c1-2-27-15-7-9-16(10-8-15)29(25,26)22-14-5-3-13(4-6-14)18(23)20-21-19(24)17-11-12-28-17/h3-10,17,22H,2,11-12H2,1H3,(H,20,23)(H,21,24). The van der Waals surface area contributed by atoms with Crippen LogP contribution in [0.1, 0.15) is 23.7 Å². The number of benzene rings is 2. The molecule has 0 spiro atoms. The van der Waals surface area contributed by atoms with Crippen molar-refractivity contribution in [2.75, 3.05) is 17.9 Å². The molecule has 10 heteroatoms. The highest BCUT2D eigenvalue weighted by atomic mass is 32.2. The second-order valence-electron chi connectivity index (χ2n) is 6.18. The van der Waals surface area contributed by atoms with E-state index < -0.39 is 27.9 Å². The molecule has 1 atom stereocenters. The Morgan fingerprint density at radius 1 is 1.07 bits per heavy atom. The van der Waals surface area contributed by atoms with Crippen LogP contribution in [0.25, 0.3) is 0 Å². The lowest BCUT2D eigenvalue weighted by Gasteiger charge is -2.24. The molecule has 0 saturated carbocycles. The molecule has 1 fully saturated rings. The van der Waals surface area contributed by atoms with Crippen molar-refractivity contribution in [1.82, 2.24) is 10.9 Å². The zero-order valence-electron chi connectivity index (χ0n) is 15.7. The van der Waals surface area contributed by atoms with Crippen LogP contribution < -0.4 is 20.3 Å². The van der Waals surface area contributed by atoms with Crippen LogP contribution in [0.4, 0.5) is 5.69 Å². The summed E-state index contributed by atoms with van der Waals surface area (Å²) in [7, 11) is -3.78. The van der Waals surface area contributed by atoms with E-state index in [4.69, 9.17) is 9.47 Å². The highest BCUT2D eigenvalue weighted by Gasteiger charge is 2.26. The quantitative estimate of drug-likeness (QED) is 0.584. The first-order valence-corrected chi connectivity index (χ1v) is 10.4. The second-order valence-corrected chi connectivity index (χ2v) is 7.86. The van der Waals surface area contributed by atoms with Gasteiger partial charge in [0.25, 0.3) is 21.8 Å². The molecule has 0 aliphatic carbocycles. The van der Waals surface area contributed by atoms with Crippen molar-refractivity contribution in [3.05, 3.63) is 54.1 Å². The van der Waals surface area contributed by atoms with Crippen LogP contribution in [-0.2, 0) is 19.6 Å². The fraction of sp³-hybridized carbons (Fsp3) is 0.263. The van der Waals surface area contributed by atoms with Gasteiger partial charge in [0.15, 0.2) is 0 Å². The molecule has 2 aromatic rings. The fourth-order valence-corrected chi connectivity index (χ4v) is 3.56. The molecule has 0 aromatic heterocycles. The summed E-state index contributed by atoms with van der Waals surface area (Å²) in [6.45, 7) is 2.86. The van der Waals surface area contributed by atoms with E-state index in [0.29, 0.717) is 31.1 Å². The van der Waals surface area contributed by atoms with Crippen molar-refractivity contribution in [2.45, 2.75) is 24.3 Å². The molecule has 2 amide bonds. The fourth-order valence-electron chi connectivity index (χ4n) is 2.50. The summed E-state index contributed by atoms with van der Waals surface area (Å²) >= 11 is 0. The van der Waals surface area contributed by atoms with E-state index in [1.54, 1.807) is 12.1 Å². The molecule has 3 N–H and O–H groups in total. The van der Waals surface area contributed by atoms with Crippen LogP contribution in [-0.4, -0.2) is 39.5 Å². The normalized spacial score (nSPS) is 15.7. The average Bonchev–Trinajstić information content (AvgIpc) is 2.66. The summed E-state index contributed by atoms with van der Waals surface area (Å²) in [5.41, 5.74) is 5.12. The Labute approximate surface area is 168 Å². The van der Waals surface area contributed by atoms with Crippen molar-refractivity contribution in [2.24, 2.45) is 0 Å². The Balaban J connectivity index is 1.58. The van der Waals surface area contributed by atoms with Gasteiger partial charge in [-0.05, 0) is 55.5 Å². The molecular formula is C19H21N3O6S. The van der Waals surface area contributed by atoms with E-state index >= 15 is 0 Å². The predicted octanol–water partition coefficient (Wildman–Crippen LogP) is 1.44. The van der Waals surface area contributed by atoms with E-state index in [-0.39, 0.29) is 10.5 Å². The van der Waals surface area contributed by atoms with Gasteiger partial charge in [-0.2, -0.15) is 0 Å². The summed E-state index contributed by atoms with van der Waals surface area (Å²) in [6, 6.07) is 11.8. The minimum Gasteiger partial charge on any atom is -0.494 e. The van der Waals surface area contributed by atoms with Gasteiger partial charge in [0.05, 0.1) is 18.1 Å². The number of ether oxygens (including phenoxy) is 2. The van der Waals surface area contributed by atoms with Gasteiger partial charge in [-0.1, -0.05) is 0 Å². The van der Waals surface area contributed by atoms with Gasteiger partial charge in [0, 0.05) is 17.7 Å². The number of hydrogen-bond acceptors (Lipinski definition) is 6. The Morgan fingerprint density at radius 3 is 2.28 bits per heavy atom. The number of anilines is 1. The lowest BCUT2D eigenvalue weighted by atomic mass is 10.2. The lowest BCUT2D eigenvalue weighted by Crippen LogP contribution is -2.50.